The van der Waals surface area contributed by atoms with E-state index in [0.29, 0.717) is 0 Å². The summed E-state index contributed by atoms with van der Waals surface area (Å²) in [6, 6.07) is 3.91. The van der Waals surface area contributed by atoms with Gasteiger partial charge in [0.25, 0.3) is 0 Å². The number of carbonyl (C=O) groups is 1. The average molecular weight is 252 g/mol. The van der Waals surface area contributed by atoms with E-state index in [-0.39, 0.29) is 5.41 Å². The van der Waals surface area contributed by atoms with E-state index in [2.05, 4.69) is 13.8 Å². The summed E-state index contributed by atoms with van der Waals surface area (Å²) in [5.74, 6) is 0.897. The molecule has 1 N–H and O–H groups in total. The molecule has 0 unspecified atom stereocenters. The topological polar surface area (TPSA) is 46.5 Å². The maximum absolute atomic E-state index is 10.8. The molecule has 1 aliphatic heterocycles. The number of hydrogen-bond donors (Lipinski definition) is 1. The number of thioether (sulfide) groups is 1. The summed E-state index contributed by atoms with van der Waals surface area (Å²) in [5.41, 5.74) is 2.11. The highest BCUT2D eigenvalue weighted by Crippen LogP contribution is 2.41. The van der Waals surface area contributed by atoms with Crippen molar-refractivity contribution >= 4 is 17.1 Å². The lowest BCUT2D eigenvalue weighted by Gasteiger charge is -2.33. The summed E-state index contributed by atoms with van der Waals surface area (Å²) in [6.45, 7) is 6.97. The molecule has 0 spiro atoms. The third-order valence-electron chi connectivity index (χ3n) is 3.19. The lowest BCUT2D eigenvalue weighted by atomic mass is 9.79. The van der Waals surface area contributed by atoms with Gasteiger partial charge < -0.3 is 9.84 Å². The highest BCUT2D eigenvalue weighted by Gasteiger charge is 2.29. The Labute approximate surface area is 105 Å². The number of aryl methyl sites for hydroxylation is 1. The Morgan fingerprint density at radius 3 is 2.82 bits per heavy atom. The molecule has 0 bridgehead atoms. The van der Waals surface area contributed by atoms with Crippen LogP contribution >= 0.6 is 11.8 Å². The van der Waals surface area contributed by atoms with Crippen LogP contribution in [-0.4, -0.2) is 17.0 Å². The first-order chi connectivity index (χ1) is 7.90. The van der Waals surface area contributed by atoms with Crippen LogP contribution in [0.5, 0.6) is 5.75 Å². The van der Waals surface area contributed by atoms with E-state index in [4.69, 9.17) is 9.84 Å². The molecule has 2 rings (SSSR count). The number of hydrogen-bond acceptors (Lipinski definition) is 3. The molecule has 1 heterocycles. The SMILES string of the molecule is Cc1cc2c(cc1SC(=O)O)C(C)(C)CCO2. The normalized spacial score (nSPS) is 17.1. The standard InChI is InChI=1S/C13H16O3S/c1-8-6-10-9(7-11(8)17-12(14)15)13(2,3)4-5-16-10/h6-7H,4-5H2,1-3H3,(H,14,15). The third-order valence-corrected chi connectivity index (χ3v) is 4.02. The molecule has 92 valence electrons. The highest BCUT2D eigenvalue weighted by molar-refractivity contribution is 8.13. The van der Waals surface area contributed by atoms with E-state index in [0.717, 1.165) is 46.6 Å². The van der Waals surface area contributed by atoms with Crippen molar-refractivity contribution in [3.63, 3.8) is 0 Å². The molecule has 0 aromatic heterocycles. The van der Waals surface area contributed by atoms with E-state index < -0.39 is 5.30 Å². The molecule has 0 amide bonds. The maximum atomic E-state index is 10.8. The van der Waals surface area contributed by atoms with Gasteiger partial charge in [0.2, 0.25) is 0 Å². The van der Waals surface area contributed by atoms with Crippen molar-refractivity contribution in [1.29, 1.82) is 0 Å². The predicted molar refractivity (Wildman–Crippen MR) is 68.2 cm³/mol. The van der Waals surface area contributed by atoms with Gasteiger partial charge in [0.1, 0.15) is 5.75 Å². The van der Waals surface area contributed by atoms with Crippen molar-refractivity contribution in [2.75, 3.05) is 6.61 Å². The number of benzene rings is 1. The molecule has 0 radical (unpaired) electrons. The second kappa shape index (κ2) is 4.26. The van der Waals surface area contributed by atoms with Gasteiger partial charge in [-0.2, -0.15) is 0 Å². The van der Waals surface area contributed by atoms with E-state index in [1.165, 1.54) is 0 Å². The summed E-state index contributed by atoms with van der Waals surface area (Å²) < 4.78 is 5.64. The van der Waals surface area contributed by atoms with Crippen LogP contribution in [0.2, 0.25) is 0 Å². The lowest BCUT2D eigenvalue weighted by Crippen LogP contribution is -2.26. The quantitative estimate of drug-likeness (QED) is 0.772. The molecule has 0 saturated heterocycles. The van der Waals surface area contributed by atoms with Crippen molar-refractivity contribution in [3.8, 4) is 5.75 Å². The fourth-order valence-electron chi connectivity index (χ4n) is 2.06. The maximum Gasteiger partial charge on any atom is 0.369 e. The van der Waals surface area contributed by atoms with Crippen molar-refractivity contribution < 1.29 is 14.6 Å². The van der Waals surface area contributed by atoms with Gasteiger partial charge in [-0.15, -0.1) is 0 Å². The first-order valence-corrected chi connectivity index (χ1v) is 6.40. The lowest BCUT2D eigenvalue weighted by molar-refractivity contribution is 0.222. The molecular weight excluding hydrogens is 236 g/mol. The predicted octanol–water partition coefficient (Wildman–Crippen LogP) is 3.83. The van der Waals surface area contributed by atoms with Crippen LogP contribution in [0, 0.1) is 6.92 Å². The summed E-state index contributed by atoms with van der Waals surface area (Å²) in [6.07, 6.45) is 0.959. The van der Waals surface area contributed by atoms with Crippen molar-refractivity contribution in [2.24, 2.45) is 0 Å². The molecule has 0 atom stereocenters. The molecule has 17 heavy (non-hydrogen) atoms. The van der Waals surface area contributed by atoms with Crippen LogP contribution in [0.3, 0.4) is 0 Å². The Kier molecular flexibility index (Phi) is 3.08. The molecular formula is C13H16O3S. The van der Waals surface area contributed by atoms with Crippen molar-refractivity contribution in [3.05, 3.63) is 23.3 Å². The van der Waals surface area contributed by atoms with Gasteiger partial charge in [-0.05, 0) is 48.2 Å². The zero-order chi connectivity index (χ0) is 12.6. The number of rotatable bonds is 1. The Morgan fingerprint density at radius 2 is 2.18 bits per heavy atom. The summed E-state index contributed by atoms with van der Waals surface area (Å²) in [7, 11) is 0. The second-order valence-corrected chi connectivity index (χ2v) is 5.96. The number of ether oxygens (including phenoxy) is 1. The van der Waals surface area contributed by atoms with Gasteiger partial charge in [-0.1, -0.05) is 13.8 Å². The number of carboxylic acid groups (broad SMARTS) is 1. The minimum atomic E-state index is -0.873. The monoisotopic (exact) mass is 252 g/mol. The van der Waals surface area contributed by atoms with Crippen LogP contribution in [0.15, 0.2) is 17.0 Å². The van der Waals surface area contributed by atoms with Gasteiger partial charge in [-0.3, -0.25) is 0 Å². The number of fused-ring (bicyclic) bond motifs is 1. The summed E-state index contributed by atoms with van der Waals surface area (Å²) >= 11 is 0.860. The van der Waals surface area contributed by atoms with Crippen LogP contribution < -0.4 is 4.74 Å². The molecule has 1 aliphatic rings. The molecule has 1 aromatic carbocycles. The second-order valence-electron chi connectivity index (χ2n) is 4.96. The third kappa shape index (κ3) is 2.41. The van der Waals surface area contributed by atoms with E-state index in [9.17, 15) is 4.79 Å². The first kappa shape index (κ1) is 12.3. The van der Waals surface area contributed by atoms with Crippen molar-refractivity contribution in [2.45, 2.75) is 37.5 Å². The first-order valence-electron chi connectivity index (χ1n) is 5.59. The van der Waals surface area contributed by atoms with E-state index in [1.807, 2.05) is 19.1 Å². The van der Waals surface area contributed by atoms with Crippen LogP contribution in [-0.2, 0) is 5.41 Å². The molecule has 0 saturated carbocycles. The molecule has 4 heteroatoms. The Bertz CT molecular complexity index is 466. The van der Waals surface area contributed by atoms with E-state index in [1.54, 1.807) is 0 Å². The molecule has 3 nitrogen and oxygen atoms in total. The zero-order valence-electron chi connectivity index (χ0n) is 10.2. The van der Waals surface area contributed by atoms with Crippen LogP contribution in [0.4, 0.5) is 4.79 Å². The Hall–Kier alpha value is -1.16. The fraction of sp³-hybridized carbons (Fsp3) is 0.462. The fourth-order valence-corrected chi connectivity index (χ4v) is 2.65. The van der Waals surface area contributed by atoms with Gasteiger partial charge >= 0.3 is 5.30 Å². The zero-order valence-corrected chi connectivity index (χ0v) is 11.1. The van der Waals surface area contributed by atoms with Gasteiger partial charge in [0.05, 0.1) is 6.61 Å². The smallest absolute Gasteiger partial charge is 0.369 e. The molecule has 0 fully saturated rings. The Balaban J connectivity index is 2.49. The minimum Gasteiger partial charge on any atom is -0.493 e. The van der Waals surface area contributed by atoms with Gasteiger partial charge in [-0.25, -0.2) is 4.79 Å². The van der Waals surface area contributed by atoms with Crippen LogP contribution in [0.25, 0.3) is 0 Å². The summed E-state index contributed by atoms with van der Waals surface area (Å²) in [4.78, 5) is 11.6. The average Bonchev–Trinajstić information content (AvgIpc) is 2.19. The van der Waals surface area contributed by atoms with Gasteiger partial charge in [0, 0.05) is 10.5 Å². The van der Waals surface area contributed by atoms with E-state index >= 15 is 0 Å². The highest BCUT2D eigenvalue weighted by atomic mass is 32.2. The van der Waals surface area contributed by atoms with Gasteiger partial charge in [0.15, 0.2) is 0 Å². The van der Waals surface area contributed by atoms with Crippen molar-refractivity contribution in [1.82, 2.24) is 0 Å². The minimum absolute atomic E-state index is 0.0507. The Morgan fingerprint density at radius 1 is 1.47 bits per heavy atom. The summed E-state index contributed by atoms with van der Waals surface area (Å²) in [5, 5.41) is 7.98. The molecule has 1 aromatic rings. The van der Waals surface area contributed by atoms with Crippen LogP contribution in [0.1, 0.15) is 31.4 Å². The largest absolute Gasteiger partial charge is 0.493 e. The molecule has 0 aliphatic carbocycles.